The van der Waals surface area contributed by atoms with Crippen LogP contribution in [0.2, 0.25) is 13.1 Å². The molecule has 0 heterocycles. The summed E-state index contributed by atoms with van der Waals surface area (Å²) in [6, 6.07) is 18.6. The summed E-state index contributed by atoms with van der Waals surface area (Å²) in [5.74, 6) is 0.920. The zero-order valence-electron chi connectivity index (χ0n) is 14.5. The molecule has 0 spiro atoms. The zero-order chi connectivity index (χ0) is 16.5. The van der Waals surface area contributed by atoms with Gasteiger partial charge >= 0.3 is 8.56 Å². The van der Waals surface area contributed by atoms with Gasteiger partial charge in [0.05, 0.1) is 0 Å². The number of rotatable bonds is 9. The van der Waals surface area contributed by atoms with Crippen LogP contribution in [0.25, 0.3) is 11.1 Å². The Morgan fingerprint density at radius 3 is 2.26 bits per heavy atom. The van der Waals surface area contributed by atoms with Crippen molar-refractivity contribution >= 4 is 8.56 Å². The molecule has 0 aliphatic heterocycles. The smallest absolute Gasteiger partial charge is 0.392 e. The molecule has 2 aromatic rings. The molecular formula is C20H28O2Si. The molecule has 0 aromatic heterocycles. The Kier molecular flexibility index (Phi) is 6.87. The molecule has 0 saturated heterocycles. The third kappa shape index (κ3) is 5.85. The Morgan fingerprint density at radius 1 is 0.826 bits per heavy atom. The lowest BCUT2D eigenvalue weighted by Crippen LogP contribution is -2.38. The van der Waals surface area contributed by atoms with Gasteiger partial charge < -0.3 is 8.85 Å². The molecule has 0 atom stereocenters. The lowest BCUT2D eigenvalue weighted by atomic mass is 10.1. The molecule has 0 N–H and O–H groups in total. The molecule has 0 bridgehead atoms. The normalized spacial score (nSPS) is 11.4. The van der Waals surface area contributed by atoms with Crippen molar-refractivity contribution in [3.05, 3.63) is 54.6 Å². The fourth-order valence-electron chi connectivity index (χ4n) is 2.55. The maximum atomic E-state index is 6.31. The van der Waals surface area contributed by atoms with Crippen LogP contribution >= 0.6 is 0 Å². The Balaban J connectivity index is 2.02. The lowest BCUT2D eigenvalue weighted by molar-refractivity contribution is 0.241. The van der Waals surface area contributed by atoms with Crippen LogP contribution < -0.4 is 4.43 Å². The molecule has 23 heavy (non-hydrogen) atoms. The predicted octanol–water partition coefficient (Wildman–Crippen LogP) is 6.03. The minimum atomic E-state index is -2.17. The van der Waals surface area contributed by atoms with Crippen LogP contribution in [0.4, 0.5) is 0 Å². The van der Waals surface area contributed by atoms with Gasteiger partial charge in [-0.1, -0.05) is 74.7 Å². The van der Waals surface area contributed by atoms with Gasteiger partial charge in [0.1, 0.15) is 5.75 Å². The third-order valence-corrected chi connectivity index (χ3v) is 5.39. The minimum Gasteiger partial charge on any atom is -0.520 e. The number of hydrogen-bond donors (Lipinski definition) is 0. The summed E-state index contributed by atoms with van der Waals surface area (Å²) in [4.78, 5) is 0. The molecule has 0 fully saturated rings. The van der Waals surface area contributed by atoms with E-state index in [4.69, 9.17) is 8.85 Å². The summed E-state index contributed by atoms with van der Waals surface area (Å²) < 4.78 is 12.4. The van der Waals surface area contributed by atoms with Gasteiger partial charge in [0, 0.05) is 12.2 Å². The van der Waals surface area contributed by atoms with Crippen LogP contribution in [0, 0.1) is 0 Å². The maximum absolute atomic E-state index is 6.31. The van der Waals surface area contributed by atoms with E-state index in [2.05, 4.69) is 56.4 Å². The van der Waals surface area contributed by atoms with Gasteiger partial charge in [-0.3, -0.25) is 0 Å². The average molecular weight is 329 g/mol. The first-order valence-corrected chi connectivity index (χ1v) is 11.4. The van der Waals surface area contributed by atoms with Crippen molar-refractivity contribution in [2.45, 2.75) is 45.7 Å². The Hall–Kier alpha value is -1.58. The van der Waals surface area contributed by atoms with Gasteiger partial charge in [-0.05, 0) is 31.1 Å². The second-order valence-electron chi connectivity index (χ2n) is 6.27. The van der Waals surface area contributed by atoms with Crippen molar-refractivity contribution in [3.63, 3.8) is 0 Å². The van der Waals surface area contributed by atoms with Gasteiger partial charge in [-0.15, -0.1) is 0 Å². The van der Waals surface area contributed by atoms with E-state index in [9.17, 15) is 0 Å². The minimum absolute atomic E-state index is 0.798. The summed E-state index contributed by atoms with van der Waals surface area (Å²) in [5, 5.41) is 0. The number of para-hydroxylation sites is 1. The highest BCUT2D eigenvalue weighted by molar-refractivity contribution is 6.65. The van der Waals surface area contributed by atoms with E-state index in [0.29, 0.717) is 0 Å². The molecule has 0 aliphatic rings. The molecule has 0 radical (unpaired) electrons. The van der Waals surface area contributed by atoms with E-state index in [1.54, 1.807) is 0 Å². The Bertz CT molecular complexity index is 581. The second kappa shape index (κ2) is 8.90. The number of benzene rings is 2. The first kappa shape index (κ1) is 17.8. The van der Waals surface area contributed by atoms with Gasteiger partial charge in [0.15, 0.2) is 0 Å². The summed E-state index contributed by atoms with van der Waals surface area (Å²) in [7, 11) is -2.17. The van der Waals surface area contributed by atoms with Crippen molar-refractivity contribution in [3.8, 4) is 16.9 Å². The van der Waals surface area contributed by atoms with Crippen LogP contribution in [-0.4, -0.2) is 15.2 Å². The van der Waals surface area contributed by atoms with Crippen LogP contribution in [-0.2, 0) is 4.43 Å². The number of unbranched alkanes of at least 4 members (excludes halogenated alkanes) is 3. The topological polar surface area (TPSA) is 18.5 Å². The summed E-state index contributed by atoms with van der Waals surface area (Å²) in [5.41, 5.74) is 2.30. The van der Waals surface area contributed by atoms with Gasteiger partial charge in [-0.2, -0.15) is 0 Å². The van der Waals surface area contributed by atoms with Gasteiger partial charge in [0.2, 0.25) is 0 Å². The van der Waals surface area contributed by atoms with Gasteiger partial charge in [-0.25, -0.2) is 0 Å². The Morgan fingerprint density at radius 2 is 1.52 bits per heavy atom. The molecule has 0 amide bonds. The summed E-state index contributed by atoms with van der Waals surface area (Å²) in [6.45, 7) is 7.26. The van der Waals surface area contributed by atoms with Gasteiger partial charge in [0.25, 0.3) is 0 Å². The molecular weight excluding hydrogens is 300 g/mol. The maximum Gasteiger partial charge on any atom is 0.392 e. The van der Waals surface area contributed by atoms with Crippen molar-refractivity contribution in [2.24, 2.45) is 0 Å². The monoisotopic (exact) mass is 328 g/mol. The van der Waals surface area contributed by atoms with Crippen LogP contribution in [0.1, 0.15) is 32.6 Å². The third-order valence-electron chi connectivity index (χ3n) is 3.78. The zero-order valence-corrected chi connectivity index (χ0v) is 15.5. The quantitative estimate of drug-likeness (QED) is 0.413. The molecule has 2 nitrogen and oxygen atoms in total. The largest absolute Gasteiger partial charge is 0.520 e. The lowest BCUT2D eigenvalue weighted by Gasteiger charge is -2.25. The molecule has 2 aromatic carbocycles. The summed E-state index contributed by atoms with van der Waals surface area (Å²) in [6.07, 6.45) is 4.89. The second-order valence-corrected chi connectivity index (χ2v) is 9.57. The van der Waals surface area contributed by atoms with E-state index >= 15 is 0 Å². The average Bonchev–Trinajstić information content (AvgIpc) is 2.55. The fraction of sp³-hybridized carbons (Fsp3) is 0.400. The van der Waals surface area contributed by atoms with E-state index < -0.39 is 8.56 Å². The molecule has 124 valence electrons. The van der Waals surface area contributed by atoms with E-state index in [1.165, 1.54) is 24.8 Å². The first-order chi connectivity index (χ1) is 11.1. The van der Waals surface area contributed by atoms with E-state index in [0.717, 1.165) is 24.3 Å². The number of hydrogen-bond acceptors (Lipinski definition) is 2. The molecule has 0 aliphatic carbocycles. The standard InChI is InChI=1S/C20H28O2Si/c1-4-5-6-12-17-21-23(2,3)22-20-16-11-10-15-19(20)18-13-8-7-9-14-18/h7-11,13-16H,4-6,12,17H2,1-3H3. The highest BCUT2D eigenvalue weighted by Crippen LogP contribution is 2.31. The van der Waals surface area contributed by atoms with Crippen LogP contribution in [0.15, 0.2) is 54.6 Å². The molecule has 0 saturated carbocycles. The fourth-order valence-corrected chi connectivity index (χ4v) is 3.96. The van der Waals surface area contributed by atoms with Crippen LogP contribution in [0.5, 0.6) is 5.75 Å². The molecule has 3 heteroatoms. The Labute approximate surface area is 141 Å². The van der Waals surface area contributed by atoms with Crippen molar-refractivity contribution < 1.29 is 8.85 Å². The molecule has 2 rings (SSSR count). The molecule has 0 unspecified atom stereocenters. The van der Waals surface area contributed by atoms with Crippen molar-refractivity contribution in [1.82, 2.24) is 0 Å². The van der Waals surface area contributed by atoms with E-state index in [-0.39, 0.29) is 0 Å². The van der Waals surface area contributed by atoms with E-state index in [1.807, 2.05) is 18.2 Å². The van der Waals surface area contributed by atoms with Crippen LogP contribution in [0.3, 0.4) is 0 Å². The predicted molar refractivity (Wildman–Crippen MR) is 100 cm³/mol. The summed E-state index contributed by atoms with van der Waals surface area (Å²) >= 11 is 0. The van der Waals surface area contributed by atoms with Crippen molar-refractivity contribution in [2.75, 3.05) is 6.61 Å². The van der Waals surface area contributed by atoms with Crippen molar-refractivity contribution in [1.29, 1.82) is 0 Å². The first-order valence-electron chi connectivity index (χ1n) is 8.60. The SMILES string of the molecule is CCCCCCO[Si](C)(C)Oc1ccccc1-c1ccccc1. The highest BCUT2D eigenvalue weighted by atomic mass is 28.4. The highest BCUT2D eigenvalue weighted by Gasteiger charge is 2.27.